The van der Waals surface area contributed by atoms with Gasteiger partial charge in [0.15, 0.2) is 20.0 Å². The molecule has 0 heterocycles. The Bertz CT molecular complexity index is 758. The molecule has 3 aromatic rings. The van der Waals surface area contributed by atoms with E-state index in [1.807, 2.05) is 60.7 Å². The summed E-state index contributed by atoms with van der Waals surface area (Å²) >= 11 is 0. The SMILES string of the molecule is O=Pc1cccc(Oc2ccccc2)c1Oc1ccccc1. The monoisotopic (exact) mass is 308 g/mol. The predicted octanol–water partition coefficient (Wildman–Crippen LogP) is 5.19. The van der Waals surface area contributed by atoms with Crippen LogP contribution < -0.4 is 14.8 Å². The van der Waals surface area contributed by atoms with E-state index >= 15 is 0 Å². The Balaban J connectivity index is 1.97. The van der Waals surface area contributed by atoms with Gasteiger partial charge in [-0.1, -0.05) is 42.5 Å². The molecule has 0 aliphatic heterocycles. The van der Waals surface area contributed by atoms with Crippen LogP contribution in [0.25, 0.3) is 0 Å². The van der Waals surface area contributed by atoms with E-state index in [4.69, 9.17) is 9.47 Å². The van der Waals surface area contributed by atoms with E-state index in [1.54, 1.807) is 18.2 Å². The van der Waals surface area contributed by atoms with Gasteiger partial charge in [0.2, 0.25) is 0 Å². The third-order valence-electron chi connectivity index (χ3n) is 2.99. The van der Waals surface area contributed by atoms with E-state index in [0.717, 1.165) is 0 Å². The van der Waals surface area contributed by atoms with Crippen molar-refractivity contribution in [2.24, 2.45) is 0 Å². The maximum absolute atomic E-state index is 11.4. The predicted molar refractivity (Wildman–Crippen MR) is 86.7 cm³/mol. The molecule has 3 aromatic carbocycles. The molecular weight excluding hydrogens is 295 g/mol. The first kappa shape index (κ1) is 14.3. The van der Waals surface area contributed by atoms with Crippen molar-refractivity contribution in [2.45, 2.75) is 0 Å². The molecule has 108 valence electrons. The van der Waals surface area contributed by atoms with Crippen LogP contribution in [0.3, 0.4) is 0 Å². The summed E-state index contributed by atoms with van der Waals surface area (Å²) in [6.07, 6.45) is 0. The van der Waals surface area contributed by atoms with E-state index in [2.05, 4.69) is 0 Å². The molecule has 0 bridgehead atoms. The molecule has 0 aliphatic carbocycles. The minimum Gasteiger partial charge on any atom is -0.453 e. The Labute approximate surface area is 130 Å². The number of rotatable bonds is 5. The molecule has 3 nitrogen and oxygen atoms in total. The number of hydrogen-bond acceptors (Lipinski definition) is 3. The van der Waals surface area contributed by atoms with Crippen molar-refractivity contribution in [3.63, 3.8) is 0 Å². The van der Waals surface area contributed by atoms with Gasteiger partial charge in [-0.15, -0.1) is 0 Å². The molecule has 0 aromatic heterocycles. The molecule has 0 saturated carbocycles. The van der Waals surface area contributed by atoms with Crippen LogP contribution in [0.1, 0.15) is 0 Å². The first-order valence-corrected chi connectivity index (χ1v) is 7.60. The van der Waals surface area contributed by atoms with Gasteiger partial charge < -0.3 is 9.47 Å². The highest BCUT2D eigenvalue weighted by Crippen LogP contribution is 2.34. The number of hydrogen-bond donors (Lipinski definition) is 0. The molecule has 4 heteroatoms. The Morgan fingerprint density at radius 3 is 1.82 bits per heavy atom. The lowest BCUT2D eigenvalue weighted by Gasteiger charge is -2.13. The minimum absolute atomic E-state index is 0.116. The second-order valence-corrected chi connectivity index (χ2v) is 5.19. The van der Waals surface area contributed by atoms with Crippen LogP contribution in [-0.2, 0) is 4.57 Å². The van der Waals surface area contributed by atoms with Gasteiger partial charge in [-0.05, 0) is 36.4 Å². The third kappa shape index (κ3) is 3.33. The van der Waals surface area contributed by atoms with Crippen LogP contribution in [0.2, 0.25) is 0 Å². The van der Waals surface area contributed by atoms with Crippen LogP contribution in [0.5, 0.6) is 23.0 Å². The van der Waals surface area contributed by atoms with Gasteiger partial charge in [-0.3, -0.25) is 4.57 Å². The Morgan fingerprint density at radius 1 is 0.636 bits per heavy atom. The summed E-state index contributed by atoms with van der Waals surface area (Å²) in [7, 11) is -0.116. The Hall–Kier alpha value is -2.64. The van der Waals surface area contributed by atoms with Crippen molar-refractivity contribution in [1.82, 2.24) is 0 Å². The van der Waals surface area contributed by atoms with Crippen molar-refractivity contribution >= 4 is 13.8 Å². The lowest BCUT2D eigenvalue weighted by atomic mass is 10.3. The average Bonchev–Trinajstić information content (AvgIpc) is 2.58. The maximum Gasteiger partial charge on any atom is 0.196 e. The number of ether oxygens (including phenoxy) is 2. The summed E-state index contributed by atoms with van der Waals surface area (Å²) in [5.74, 6) is 2.33. The largest absolute Gasteiger partial charge is 0.453 e. The van der Waals surface area contributed by atoms with Gasteiger partial charge in [-0.25, -0.2) is 0 Å². The summed E-state index contributed by atoms with van der Waals surface area (Å²) < 4.78 is 23.1. The second kappa shape index (κ2) is 6.88. The molecular formula is C18H13O3P. The highest BCUT2D eigenvalue weighted by Gasteiger charge is 2.13. The Morgan fingerprint density at radius 2 is 1.23 bits per heavy atom. The molecule has 0 radical (unpaired) electrons. The zero-order chi connectivity index (χ0) is 15.2. The van der Waals surface area contributed by atoms with Gasteiger partial charge in [0.25, 0.3) is 0 Å². The van der Waals surface area contributed by atoms with Gasteiger partial charge in [-0.2, -0.15) is 0 Å². The van der Waals surface area contributed by atoms with Gasteiger partial charge in [0, 0.05) is 0 Å². The van der Waals surface area contributed by atoms with Gasteiger partial charge in [0.1, 0.15) is 11.5 Å². The molecule has 0 unspecified atom stereocenters. The molecule has 22 heavy (non-hydrogen) atoms. The van der Waals surface area contributed by atoms with Crippen LogP contribution in [0.15, 0.2) is 78.9 Å². The lowest BCUT2D eigenvalue weighted by Crippen LogP contribution is -2.01. The molecule has 0 aliphatic rings. The fourth-order valence-electron chi connectivity index (χ4n) is 1.98. The zero-order valence-electron chi connectivity index (χ0n) is 11.7. The van der Waals surface area contributed by atoms with E-state index < -0.39 is 0 Å². The zero-order valence-corrected chi connectivity index (χ0v) is 12.6. The number of benzene rings is 3. The first-order chi connectivity index (χ1) is 10.9. The molecule has 3 rings (SSSR count). The van der Waals surface area contributed by atoms with Crippen molar-refractivity contribution in [3.8, 4) is 23.0 Å². The fourth-order valence-corrected chi connectivity index (χ4v) is 2.37. The topological polar surface area (TPSA) is 35.5 Å². The quantitative estimate of drug-likeness (QED) is 0.609. The normalized spacial score (nSPS) is 10.4. The van der Waals surface area contributed by atoms with Crippen molar-refractivity contribution in [1.29, 1.82) is 0 Å². The van der Waals surface area contributed by atoms with Crippen LogP contribution >= 0.6 is 8.46 Å². The summed E-state index contributed by atoms with van der Waals surface area (Å²) in [6.45, 7) is 0. The third-order valence-corrected chi connectivity index (χ3v) is 3.54. The molecule has 0 N–H and O–H groups in total. The fraction of sp³-hybridized carbons (Fsp3) is 0. The highest BCUT2D eigenvalue weighted by atomic mass is 31.1. The Kier molecular flexibility index (Phi) is 4.47. The van der Waals surface area contributed by atoms with Crippen LogP contribution in [0.4, 0.5) is 0 Å². The average molecular weight is 308 g/mol. The molecule has 0 atom stereocenters. The van der Waals surface area contributed by atoms with Crippen LogP contribution in [0, 0.1) is 0 Å². The highest BCUT2D eigenvalue weighted by molar-refractivity contribution is 7.34. The molecule has 0 fully saturated rings. The van der Waals surface area contributed by atoms with Crippen molar-refractivity contribution in [3.05, 3.63) is 78.9 Å². The molecule has 0 saturated heterocycles. The van der Waals surface area contributed by atoms with Gasteiger partial charge >= 0.3 is 0 Å². The summed E-state index contributed by atoms with van der Waals surface area (Å²) in [5, 5.41) is 0.539. The van der Waals surface area contributed by atoms with Gasteiger partial charge in [0.05, 0.1) is 5.30 Å². The van der Waals surface area contributed by atoms with Crippen LogP contribution in [-0.4, -0.2) is 0 Å². The summed E-state index contributed by atoms with van der Waals surface area (Å²) in [5.41, 5.74) is 0. The minimum atomic E-state index is -0.116. The maximum atomic E-state index is 11.4. The number of para-hydroxylation sites is 3. The molecule has 0 spiro atoms. The van der Waals surface area contributed by atoms with E-state index in [1.165, 1.54) is 0 Å². The summed E-state index contributed by atoms with van der Waals surface area (Å²) in [6, 6.07) is 24.1. The first-order valence-electron chi connectivity index (χ1n) is 6.79. The van der Waals surface area contributed by atoms with Crippen molar-refractivity contribution in [2.75, 3.05) is 0 Å². The smallest absolute Gasteiger partial charge is 0.196 e. The summed E-state index contributed by atoms with van der Waals surface area (Å²) in [4.78, 5) is 0. The molecule has 0 amide bonds. The van der Waals surface area contributed by atoms with E-state index in [-0.39, 0.29) is 8.46 Å². The van der Waals surface area contributed by atoms with E-state index in [0.29, 0.717) is 28.3 Å². The second-order valence-electron chi connectivity index (χ2n) is 4.53. The van der Waals surface area contributed by atoms with Crippen molar-refractivity contribution < 1.29 is 14.0 Å². The lowest BCUT2D eigenvalue weighted by molar-refractivity contribution is 0.421. The standard InChI is InChI=1S/C18H13O3P/c19-22-17-13-7-12-16(20-14-8-3-1-4-9-14)18(17)21-15-10-5-2-6-11-15/h1-13H. The van der Waals surface area contributed by atoms with E-state index in [9.17, 15) is 4.57 Å².